The second kappa shape index (κ2) is 8.55. The van der Waals surface area contributed by atoms with Crippen molar-refractivity contribution in [3.05, 3.63) is 84.1 Å². The number of amides is 2. The topological polar surface area (TPSA) is 71.3 Å². The summed E-state index contributed by atoms with van der Waals surface area (Å²) in [7, 11) is 1.81. The van der Waals surface area contributed by atoms with E-state index in [0.717, 1.165) is 22.4 Å². The monoisotopic (exact) mass is 415 g/mol. The van der Waals surface area contributed by atoms with E-state index >= 15 is 0 Å². The first-order valence-corrected chi connectivity index (χ1v) is 10.2. The van der Waals surface area contributed by atoms with E-state index in [1.165, 1.54) is 13.3 Å². The van der Waals surface area contributed by atoms with Crippen molar-refractivity contribution in [3.8, 4) is 5.69 Å². The van der Waals surface area contributed by atoms with E-state index in [1.807, 2.05) is 61.5 Å². The number of rotatable bonds is 5. The summed E-state index contributed by atoms with van der Waals surface area (Å²) in [6.45, 7) is 3.53. The van der Waals surface area contributed by atoms with Gasteiger partial charge in [0, 0.05) is 20.2 Å². The van der Waals surface area contributed by atoms with Crippen LogP contribution in [-0.4, -0.2) is 43.4 Å². The lowest BCUT2D eigenvalue weighted by Gasteiger charge is -2.34. The number of hydrogen-bond donors (Lipinski definition) is 0. The van der Waals surface area contributed by atoms with Crippen molar-refractivity contribution in [3.63, 3.8) is 0 Å². The fourth-order valence-electron chi connectivity index (χ4n) is 3.91. The van der Waals surface area contributed by atoms with Gasteiger partial charge in [-0.1, -0.05) is 36.4 Å². The van der Waals surface area contributed by atoms with Crippen molar-refractivity contribution in [2.75, 3.05) is 7.05 Å². The maximum absolute atomic E-state index is 13.2. The van der Waals surface area contributed by atoms with Crippen LogP contribution in [0.25, 0.3) is 11.8 Å². The average Bonchev–Trinajstić information content (AvgIpc) is 3.33. The highest BCUT2D eigenvalue weighted by Gasteiger charge is 2.30. The van der Waals surface area contributed by atoms with Gasteiger partial charge in [0.1, 0.15) is 12.7 Å². The van der Waals surface area contributed by atoms with Crippen LogP contribution in [0, 0.1) is 0 Å². The minimum absolute atomic E-state index is 0.0193. The molecule has 3 aromatic rings. The standard InChI is InChI=1S/C24H25N5O2/c1-17(19-8-10-21(11-9-19)29-16-25-15-26-29)27(3)24(31)14-23-22-7-5-4-6-20(22)12-13-28(23)18(2)30/h4-13,15-17,23H,14H2,1-3H3/t17-,23+/m0/s1. The third kappa shape index (κ3) is 4.12. The summed E-state index contributed by atoms with van der Waals surface area (Å²) in [6, 6.07) is 15.4. The fraction of sp³-hybridized carbons (Fsp3) is 0.250. The van der Waals surface area contributed by atoms with E-state index in [-0.39, 0.29) is 30.3 Å². The smallest absolute Gasteiger partial charge is 0.225 e. The van der Waals surface area contributed by atoms with Gasteiger partial charge in [0.15, 0.2) is 0 Å². The van der Waals surface area contributed by atoms with Gasteiger partial charge in [0.25, 0.3) is 0 Å². The van der Waals surface area contributed by atoms with Crippen LogP contribution in [-0.2, 0) is 9.59 Å². The molecule has 0 fully saturated rings. The van der Waals surface area contributed by atoms with E-state index in [1.54, 1.807) is 34.1 Å². The highest BCUT2D eigenvalue weighted by atomic mass is 16.2. The van der Waals surface area contributed by atoms with Crippen LogP contribution in [0.5, 0.6) is 0 Å². The zero-order valence-corrected chi connectivity index (χ0v) is 17.8. The molecule has 2 amide bonds. The predicted molar refractivity (Wildman–Crippen MR) is 118 cm³/mol. The van der Waals surface area contributed by atoms with Crippen LogP contribution >= 0.6 is 0 Å². The van der Waals surface area contributed by atoms with Crippen molar-refractivity contribution in [1.82, 2.24) is 24.6 Å². The number of fused-ring (bicyclic) bond motifs is 1. The zero-order chi connectivity index (χ0) is 22.0. The molecule has 0 saturated heterocycles. The molecule has 7 heteroatoms. The summed E-state index contributed by atoms with van der Waals surface area (Å²) >= 11 is 0. The maximum Gasteiger partial charge on any atom is 0.225 e. The van der Waals surface area contributed by atoms with E-state index in [9.17, 15) is 9.59 Å². The van der Waals surface area contributed by atoms with Gasteiger partial charge in [0.2, 0.25) is 11.8 Å². The molecule has 4 rings (SSSR count). The molecule has 0 radical (unpaired) electrons. The Hall–Kier alpha value is -3.74. The fourth-order valence-corrected chi connectivity index (χ4v) is 3.91. The Balaban J connectivity index is 1.51. The maximum atomic E-state index is 13.2. The molecular formula is C24H25N5O2. The molecule has 0 unspecified atom stereocenters. The van der Waals surface area contributed by atoms with Crippen LogP contribution in [0.15, 0.2) is 67.4 Å². The Kier molecular flexibility index (Phi) is 5.66. The van der Waals surface area contributed by atoms with Gasteiger partial charge in [-0.25, -0.2) is 9.67 Å². The molecule has 0 N–H and O–H groups in total. The minimum atomic E-state index is -0.310. The highest BCUT2D eigenvalue weighted by molar-refractivity contribution is 5.82. The molecule has 1 aromatic heterocycles. The number of carbonyl (C=O) groups excluding carboxylic acids is 2. The normalized spacial score (nSPS) is 16.0. The van der Waals surface area contributed by atoms with Crippen molar-refractivity contribution in [2.24, 2.45) is 0 Å². The molecule has 1 aliphatic rings. The Morgan fingerprint density at radius 1 is 1.13 bits per heavy atom. The van der Waals surface area contributed by atoms with Gasteiger partial charge in [0.05, 0.1) is 24.2 Å². The van der Waals surface area contributed by atoms with Crippen molar-refractivity contribution in [1.29, 1.82) is 0 Å². The Morgan fingerprint density at radius 3 is 2.55 bits per heavy atom. The van der Waals surface area contributed by atoms with Gasteiger partial charge in [-0.3, -0.25) is 9.59 Å². The summed E-state index contributed by atoms with van der Waals surface area (Å²) in [5.41, 5.74) is 3.96. The SMILES string of the molecule is CC(=O)N1C=Cc2ccccc2[C@H]1CC(=O)N(C)[C@@H](C)c1ccc(-n2cncn2)cc1. The summed E-state index contributed by atoms with van der Waals surface area (Å²) in [6.07, 6.45) is 7.05. The van der Waals surface area contributed by atoms with Crippen molar-refractivity contribution >= 4 is 17.9 Å². The molecule has 2 heterocycles. The van der Waals surface area contributed by atoms with Gasteiger partial charge in [-0.15, -0.1) is 0 Å². The van der Waals surface area contributed by atoms with Crippen molar-refractivity contribution < 1.29 is 9.59 Å². The average molecular weight is 415 g/mol. The summed E-state index contributed by atoms with van der Waals surface area (Å²) in [5, 5.41) is 4.13. The van der Waals surface area contributed by atoms with E-state index < -0.39 is 0 Å². The first-order valence-electron chi connectivity index (χ1n) is 10.2. The Labute approximate surface area is 181 Å². The highest BCUT2D eigenvalue weighted by Crippen LogP contribution is 2.34. The Morgan fingerprint density at radius 2 is 1.87 bits per heavy atom. The second-order valence-electron chi connectivity index (χ2n) is 7.70. The lowest BCUT2D eigenvalue weighted by molar-refractivity contribution is -0.135. The predicted octanol–water partition coefficient (Wildman–Crippen LogP) is 3.75. The summed E-state index contributed by atoms with van der Waals surface area (Å²) in [5.74, 6) is -0.0999. The Bertz CT molecular complexity index is 1110. The molecule has 158 valence electrons. The summed E-state index contributed by atoms with van der Waals surface area (Å²) in [4.78, 5) is 32.7. The van der Waals surface area contributed by atoms with Crippen LogP contribution in [0.1, 0.15) is 49.0 Å². The van der Waals surface area contributed by atoms with Gasteiger partial charge in [-0.2, -0.15) is 5.10 Å². The largest absolute Gasteiger partial charge is 0.339 e. The number of nitrogens with zero attached hydrogens (tertiary/aromatic N) is 5. The second-order valence-corrected chi connectivity index (χ2v) is 7.70. The molecular weight excluding hydrogens is 390 g/mol. The lowest BCUT2D eigenvalue weighted by atomic mass is 9.93. The van der Waals surface area contributed by atoms with Crippen molar-refractivity contribution in [2.45, 2.75) is 32.4 Å². The first kappa shape index (κ1) is 20.5. The van der Waals surface area contributed by atoms with Crippen LogP contribution < -0.4 is 0 Å². The number of aromatic nitrogens is 3. The first-order chi connectivity index (χ1) is 15.0. The third-order valence-electron chi connectivity index (χ3n) is 5.87. The zero-order valence-electron chi connectivity index (χ0n) is 17.8. The number of hydrogen-bond acceptors (Lipinski definition) is 4. The molecule has 0 spiro atoms. The minimum Gasteiger partial charge on any atom is -0.339 e. The molecule has 2 aromatic carbocycles. The number of carbonyl (C=O) groups is 2. The molecule has 0 bridgehead atoms. The lowest BCUT2D eigenvalue weighted by Crippen LogP contribution is -2.36. The molecule has 0 saturated carbocycles. The molecule has 0 aliphatic carbocycles. The van der Waals surface area contributed by atoms with Gasteiger partial charge < -0.3 is 9.80 Å². The van der Waals surface area contributed by atoms with E-state index in [2.05, 4.69) is 10.1 Å². The van der Waals surface area contributed by atoms with Gasteiger partial charge in [-0.05, 0) is 41.8 Å². The molecule has 1 aliphatic heterocycles. The quantitative estimate of drug-likeness (QED) is 0.636. The molecule has 2 atom stereocenters. The van der Waals surface area contributed by atoms with E-state index in [0.29, 0.717) is 0 Å². The molecule has 7 nitrogen and oxygen atoms in total. The third-order valence-corrected chi connectivity index (χ3v) is 5.87. The summed E-state index contributed by atoms with van der Waals surface area (Å²) < 4.78 is 1.69. The van der Waals surface area contributed by atoms with Crippen LogP contribution in [0.2, 0.25) is 0 Å². The van der Waals surface area contributed by atoms with Gasteiger partial charge >= 0.3 is 0 Å². The number of benzene rings is 2. The van der Waals surface area contributed by atoms with Crippen LogP contribution in [0.3, 0.4) is 0 Å². The van der Waals surface area contributed by atoms with Crippen LogP contribution in [0.4, 0.5) is 0 Å². The molecule has 31 heavy (non-hydrogen) atoms. The van der Waals surface area contributed by atoms with E-state index in [4.69, 9.17) is 0 Å².